The number of carbonyl (C=O) groups is 1. The van der Waals surface area contributed by atoms with Crippen molar-refractivity contribution in [1.29, 1.82) is 0 Å². The average Bonchev–Trinajstić information content (AvgIpc) is 2.90. The highest BCUT2D eigenvalue weighted by Gasteiger charge is 2.28. The number of fused-ring (bicyclic) bond motifs is 5. The first-order valence-electron chi connectivity index (χ1n) is 7.32. The molecule has 2 aromatic rings. The Kier molecular flexibility index (Phi) is 3.88. The number of nitrogens with one attached hydrogen (secondary N) is 2. The number of benzene rings is 1. The number of aromatic amines is 1. The van der Waals surface area contributed by atoms with Gasteiger partial charge in [-0.3, -0.25) is 4.79 Å². The molecule has 2 aliphatic heterocycles. The van der Waals surface area contributed by atoms with Gasteiger partial charge in [-0.05, 0) is 23.6 Å². The molecule has 8 heteroatoms. The molecule has 126 valence electrons. The summed E-state index contributed by atoms with van der Waals surface area (Å²) in [5.41, 5.74) is 2.87. The Balaban J connectivity index is 0.00000169. The van der Waals surface area contributed by atoms with Crippen LogP contribution in [0.2, 0.25) is 0 Å². The summed E-state index contributed by atoms with van der Waals surface area (Å²) in [5, 5.41) is 22.6. The number of H-pyrrole nitrogens is 1. The maximum absolute atomic E-state index is 12.0. The normalized spacial score (nSPS) is 14.2. The van der Waals surface area contributed by atoms with Crippen molar-refractivity contribution < 1.29 is 19.7 Å². The first-order chi connectivity index (χ1) is 11.1. The summed E-state index contributed by atoms with van der Waals surface area (Å²) in [4.78, 5) is 25.8. The molecule has 3 heterocycles. The van der Waals surface area contributed by atoms with Crippen molar-refractivity contribution >= 4 is 24.1 Å². The number of carboxylic acid groups (broad SMARTS) is 1. The van der Waals surface area contributed by atoms with Crippen LogP contribution in [0.15, 0.2) is 16.9 Å². The zero-order valence-electron chi connectivity index (χ0n) is 12.5. The van der Waals surface area contributed by atoms with E-state index in [1.165, 1.54) is 5.56 Å². The molecule has 7 nitrogen and oxygen atoms in total. The number of ether oxygens (including phenoxy) is 1. The summed E-state index contributed by atoms with van der Waals surface area (Å²) < 4.78 is 5.56. The molecule has 0 spiro atoms. The maximum atomic E-state index is 12.0. The molecule has 1 aromatic heterocycles. The van der Waals surface area contributed by atoms with Gasteiger partial charge in [0.2, 0.25) is 0 Å². The lowest BCUT2D eigenvalue weighted by atomic mass is 9.94. The van der Waals surface area contributed by atoms with Gasteiger partial charge in [0.05, 0.1) is 12.3 Å². The molecule has 0 fully saturated rings. The number of aromatic carboxylic acids is 1. The molecule has 0 aliphatic carbocycles. The van der Waals surface area contributed by atoms with Crippen LogP contribution in [0.4, 0.5) is 5.69 Å². The summed E-state index contributed by atoms with van der Waals surface area (Å²) in [5.74, 6) is -2.09. The predicted octanol–water partition coefficient (Wildman–Crippen LogP) is 1.77. The van der Waals surface area contributed by atoms with E-state index >= 15 is 0 Å². The molecule has 4 N–H and O–H groups in total. The van der Waals surface area contributed by atoms with E-state index in [4.69, 9.17) is 9.84 Å². The third-order valence-corrected chi connectivity index (χ3v) is 4.35. The van der Waals surface area contributed by atoms with Crippen molar-refractivity contribution in [1.82, 2.24) is 4.98 Å². The van der Waals surface area contributed by atoms with E-state index in [-0.39, 0.29) is 18.2 Å². The van der Waals surface area contributed by atoms with Gasteiger partial charge in [0, 0.05) is 24.2 Å². The number of pyridine rings is 1. The molecular weight excluding hydrogens is 336 g/mol. The molecule has 1 aromatic carbocycles. The highest BCUT2D eigenvalue weighted by molar-refractivity contribution is 5.93. The van der Waals surface area contributed by atoms with E-state index in [1.807, 2.05) is 12.1 Å². The molecule has 0 amide bonds. The summed E-state index contributed by atoms with van der Waals surface area (Å²) in [6, 6.07) is 3.78. The van der Waals surface area contributed by atoms with Crippen molar-refractivity contribution in [2.75, 3.05) is 18.5 Å². The SMILES string of the molecule is Cl.O=C(O)c1c(O)c2c([nH]c1=O)-c1ccc3c(c1CCO2)CCN3. The van der Waals surface area contributed by atoms with E-state index in [9.17, 15) is 14.7 Å². The summed E-state index contributed by atoms with van der Waals surface area (Å²) in [6.07, 6.45) is 1.51. The van der Waals surface area contributed by atoms with Crippen LogP contribution in [-0.4, -0.2) is 34.3 Å². The zero-order chi connectivity index (χ0) is 16.1. The van der Waals surface area contributed by atoms with Gasteiger partial charge < -0.3 is 25.3 Å². The fourth-order valence-electron chi connectivity index (χ4n) is 3.34. The van der Waals surface area contributed by atoms with Crippen LogP contribution in [0.3, 0.4) is 0 Å². The van der Waals surface area contributed by atoms with Crippen molar-refractivity contribution in [3.05, 3.63) is 39.2 Å². The second-order valence-electron chi connectivity index (χ2n) is 5.58. The number of rotatable bonds is 1. The number of anilines is 1. The minimum atomic E-state index is -1.49. The van der Waals surface area contributed by atoms with Gasteiger partial charge in [-0.25, -0.2) is 4.79 Å². The fraction of sp³-hybridized carbons (Fsp3) is 0.250. The standard InChI is InChI=1S/C16H14N2O5.ClH/c19-13-11(16(21)22)15(20)18-12-9-1-2-10-8(3-5-17-10)7(9)4-6-23-14(12)13;/h1-2,17H,3-6H2,(H,21,22)(H2,18,19,20);1H. The Hall–Kier alpha value is -2.67. The minimum Gasteiger partial charge on any atom is -0.503 e. The molecular formula is C16H15ClN2O5. The summed E-state index contributed by atoms with van der Waals surface area (Å²) in [6.45, 7) is 1.16. The Morgan fingerprint density at radius 2 is 2.00 bits per heavy atom. The van der Waals surface area contributed by atoms with E-state index in [0.717, 1.165) is 29.8 Å². The largest absolute Gasteiger partial charge is 0.503 e. The molecule has 0 saturated heterocycles. The van der Waals surface area contributed by atoms with Crippen molar-refractivity contribution in [3.63, 3.8) is 0 Å². The number of halogens is 1. The molecule has 0 radical (unpaired) electrons. The summed E-state index contributed by atoms with van der Waals surface area (Å²) >= 11 is 0. The van der Waals surface area contributed by atoms with Gasteiger partial charge >= 0.3 is 5.97 Å². The van der Waals surface area contributed by atoms with E-state index < -0.39 is 22.8 Å². The topological polar surface area (TPSA) is 112 Å². The van der Waals surface area contributed by atoms with Crippen molar-refractivity contribution in [2.24, 2.45) is 0 Å². The fourth-order valence-corrected chi connectivity index (χ4v) is 3.34. The molecule has 2 aliphatic rings. The molecule has 4 rings (SSSR count). The van der Waals surface area contributed by atoms with Crippen molar-refractivity contribution in [3.8, 4) is 22.8 Å². The quantitative estimate of drug-likeness (QED) is 0.623. The van der Waals surface area contributed by atoms with Crippen LogP contribution in [0, 0.1) is 0 Å². The van der Waals surface area contributed by atoms with Gasteiger partial charge in [0.15, 0.2) is 17.1 Å². The van der Waals surface area contributed by atoms with Crippen molar-refractivity contribution in [2.45, 2.75) is 12.8 Å². The number of aromatic nitrogens is 1. The van der Waals surface area contributed by atoms with Gasteiger partial charge in [-0.1, -0.05) is 6.07 Å². The molecule has 0 saturated carbocycles. The molecule has 24 heavy (non-hydrogen) atoms. The van der Waals surface area contributed by atoms with Crippen LogP contribution in [0.1, 0.15) is 21.5 Å². The first-order valence-corrected chi connectivity index (χ1v) is 7.32. The Bertz CT molecular complexity index is 906. The van der Waals surface area contributed by atoms with Gasteiger partial charge in [-0.2, -0.15) is 0 Å². The lowest BCUT2D eigenvalue weighted by molar-refractivity contribution is 0.0690. The number of hydrogen-bond donors (Lipinski definition) is 4. The van der Waals surface area contributed by atoms with Crippen LogP contribution >= 0.6 is 12.4 Å². The third kappa shape index (κ3) is 2.20. The van der Waals surface area contributed by atoms with Crippen LogP contribution < -0.4 is 15.6 Å². The van der Waals surface area contributed by atoms with Crippen LogP contribution in [-0.2, 0) is 12.8 Å². The van der Waals surface area contributed by atoms with E-state index in [2.05, 4.69) is 10.3 Å². The van der Waals surface area contributed by atoms with Gasteiger partial charge in [0.1, 0.15) is 0 Å². The zero-order valence-corrected chi connectivity index (χ0v) is 13.3. The van der Waals surface area contributed by atoms with Gasteiger partial charge in [-0.15, -0.1) is 12.4 Å². The third-order valence-electron chi connectivity index (χ3n) is 4.35. The van der Waals surface area contributed by atoms with E-state index in [0.29, 0.717) is 18.7 Å². The molecule has 0 unspecified atom stereocenters. The maximum Gasteiger partial charge on any atom is 0.345 e. The number of aromatic hydroxyl groups is 1. The Morgan fingerprint density at radius 3 is 2.75 bits per heavy atom. The minimum absolute atomic E-state index is 0. The Labute approximate surface area is 142 Å². The highest BCUT2D eigenvalue weighted by atomic mass is 35.5. The lowest BCUT2D eigenvalue weighted by Crippen LogP contribution is -2.19. The number of carboxylic acids is 1. The molecule has 0 bridgehead atoms. The Morgan fingerprint density at radius 1 is 1.21 bits per heavy atom. The van der Waals surface area contributed by atoms with Crippen LogP contribution in [0.25, 0.3) is 11.3 Å². The second-order valence-corrected chi connectivity index (χ2v) is 5.58. The van der Waals surface area contributed by atoms with Gasteiger partial charge in [0.25, 0.3) is 5.56 Å². The smallest absolute Gasteiger partial charge is 0.345 e. The summed E-state index contributed by atoms with van der Waals surface area (Å²) in [7, 11) is 0. The van der Waals surface area contributed by atoms with Crippen LogP contribution in [0.5, 0.6) is 11.5 Å². The highest BCUT2D eigenvalue weighted by Crippen LogP contribution is 2.43. The predicted molar refractivity (Wildman–Crippen MR) is 89.8 cm³/mol. The number of hydrogen-bond acceptors (Lipinski definition) is 5. The van der Waals surface area contributed by atoms with E-state index in [1.54, 1.807) is 0 Å². The average molecular weight is 351 g/mol. The second kappa shape index (κ2) is 5.76. The molecule has 0 atom stereocenters. The lowest BCUT2D eigenvalue weighted by Gasteiger charge is -2.13. The first kappa shape index (κ1) is 16.2. The monoisotopic (exact) mass is 350 g/mol.